The van der Waals surface area contributed by atoms with Gasteiger partial charge in [-0.1, -0.05) is 0 Å². The highest BCUT2D eigenvalue weighted by atomic mass is 35.5. The van der Waals surface area contributed by atoms with Crippen molar-refractivity contribution in [3.63, 3.8) is 0 Å². The first-order valence-corrected chi connectivity index (χ1v) is 5.75. The van der Waals surface area contributed by atoms with Gasteiger partial charge in [-0.15, -0.1) is 11.6 Å². The Labute approximate surface area is 104 Å². The summed E-state index contributed by atoms with van der Waals surface area (Å²) in [6.45, 7) is -0.134. The number of alkyl halides is 1. The molecule has 0 aromatic rings. The van der Waals surface area contributed by atoms with Crippen molar-refractivity contribution in [2.24, 2.45) is 0 Å². The predicted molar refractivity (Wildman–Crippen MR) is 59.6 cm³/mol. The molecule has 1 aliphatic heterocycles. The third-order valence-corrected chi connectivity index (χ3v) is 2.78. The maximum Gasteiger partial charge on any atom is 0.319 e. The summed E-state index contributed by atoms with van der Waals surface area (Å²) in [5, 5.41) is 30.6. The Hall–Kier alpha value is -0.600. The average Bonchev–Trinajstić information content (AvgIpc) is 2.62. The minimum atomic E-state index is -1.25. The van der Waals surface area contributed by atoms with Crippen molar-refractivity contribution in [1.29, 1.82) is 0 Å². The summed E-state index contributed by atoms with van der Waals surface area (Å²) in [6, 6.07) is -0.472. The smallest absolute Gasteiger partial charge is 0.319 e. The highest BCUT2D eigenvalue weighted by molar-refractivity contribution is 6.18. The number of carbonyl (C=O) groups is 1. The van der Waals surface area contributed by atoms with Gasteiger partial charge in [-0.05, 0) is 0 Å². The second-order valence-electron chi connectivity index (χ2n) is 3.76. The van der Waals surface area contributed by atoms with Crippen LogP contribution in [-0.4, -0.2) is 76.9 Å². The van der Waals surface area contributed by atoms with Crippen LogP contribution in [0.3, 0.4) is 0 Å². The lowest BCUT2D eigenvalue weighted by atomic mass is 10.1. The van der Waals surface area contributed by atoms with Crippen LogP contribution in [0.1, 0.15) is 0 Å². The van der Waals surface area contributed by atoms with E-state index in [0.29, 0.717) is 6.54 Å². The molecule has 0 aliphatic carbocycles. The molecule has 1 aliphatic rings. The van der Waals surface area contributed by atoms with Gasteiger partial charge in [0, 0.05) is 19.5 Å². The monoisotopic (exact) mass is 268 g/mol. The largest absolute Gasteiger partial charge is 0.394 e. The van der Waals surface area contributed by atoms with Crippen LogP contribution in [0.5, 0.6) is 0 Å². The van der Waals surface area contributed by atoms with E-state index in [4.69, 9.17) is 21.4 Å². The fourth-order valence-electron chi connectivity index (χ4n) is 1.59. The zero-order valence-corrected chi connectivity index (χ0v) is 10.2. The first-order chi connectivity index (χ1) is 8.02. The normalized spacial score (nSPS) is 32.5. The number of nitrogens with one attached hydrogen (secondary N) is 1. The number of amides is 2. The zero-order valence-electron chi connectivity index (χ0n) is 9.41. The number of aliphatic hydroxyl groups is 3. The number of halogens is 1. The van der Waals surface area contributed by atoms with Crippen molar-refractivity contribution >= 4 is 17.6 Å². The first-order valence-electron chi connectivity index (χ1n) is 5.22. The lowest BCUT2D eigenvalue weighted by molar-refractivity contribution is -0.0713. The summed E-state index contributed by atoms with van der Waals surface area (Å²) in [7, 11) is 1.42. The van der Waals surface area contributed by atoms with E-state index in [1.165, 1.54) is 7.05 Å². The molecule has 1 unspecified atom stereocenters. The van der Waals surface area contributed by atoms with Crippen LogP contribution < -0.4 is 5.32 Å². The second-order valence-corrected chi connectivity index (χ2v) is 4.14. The molecule has 1 saturated heterocycles. The van der Waals surface area contributed by atoms with Gasteiger partial charge in [0.05, 0.1) is 6.61 Å². The molecule has 0 aromatic heterocycles. The van der Waals surface area contributed by atoms with E-state index in [-0.39, 0.29) is 5.88 Å². The van der Waals surface area contributed by atoms with Gasteiger partial charge in [0.2, 0.25) is 0 Å². The molecule has 0 saturated carbocycles. The standard InChI is InChI=1S/C9H17ClN2O5/c1-12(9(16)11-3-2-10)8-7(15)6(14)5(4-13)17-8/h5-8,13-15H,2-4H2,1H3,(H,11,16)/t5-,6-,7-,8?/m1/s1. The Kier molecular flexibility index (Phi) is 5.41. The topological polar surface area (TPSA) is 102 Å². The highest BCUT2D eigenvalue weighted by Gasteiger charge is 2.45. The number of hydrogen-bond donors (Lipinski definition) is 4. The first kappa shape index (κ1) is 14.5. The highest BCUT2D eigenvalue weighted by Crippen LogP contribution is 2.22. The van der Waals surface area contributed by atoms with Gasteiger partial charge in [-0.25, -0.2) is 4.79 Å². The number of carbonyl (C=O) groups excluding carboxylic acids is 1. The molecule has 1 rings (SSSR count). The molecular formula is C9H17ClN2O5. The fraction of sp³-hybridized carbons (Fsp3) is 0.889. The number of rotatable bonds is 4. The molecule has 0 radical (unpaired) electrons. The van der Waals surface area contributed by atoms with Gasteiger partial charge >= 0.3 is 6.03 Å². The van der Waals surface area contributed by atoms with E-state index >= 15 is 0 Å². The summed E-state index contributed by atoms with van der Waals surface area (Å²) in [5.41, 5.74) is 0. The Balaban J connectivity index is 2.57. The number of ether oxygens (including phenoxy) is 1. The predicted octanol–water partition coefficient (Wildman–Crippen LogP) is -1.69. The van der Waals surface area contributed by atoms with Crippen LogP contribution in [-0.2, 0) is 4.74 Å². The Morgan fingerprint density at radius 1 is 1.47 bits per heavy atom. The number of aliphatic hydroxyl groups excluding tert-OH is 3. The van der Waals surface area contributed by atoms with Crippen LogP contribution in [0.15, 0.2) is 0 Å². The minimum absolute atomic E-state index is 0.273. The molecule has 100 valence electrons. The van der Waals surface area contributed by atoms with Crippen LogP contribution in [0.2, 0.25) is 0 Å². The molecular weight excluding hydrogens is 252 g/mol. The van der Waals surface area contributed by atoms with Gasteiger partial charge in [-0.2, -0.15) is 0 Å². The van der Waals surface area contributed by atoms with Crippen molar-refractivity contribution in [3.8, 4) is 0 Å². The summed E-state index contributed by atoms with van der Waals surface area (Å²) in [5.74, 6) is 0.273. The zero-order chi connectivity index (χ0) is 13.0. The van der Waals surface area contributed by atoms with Gasteiger partial charge < -0.3 is 25.4 Å². The summed E-state index contributed by atoms with van der Waals surface area (Å²) in [6.07, 6.45) is -4.34. The van der Waals surface area contributed by atoms with Crippen molar-refractivity contribution in [2.75, 3.05) is 26.1 Å². The van der Waals surface area contributed by atoms with Gasteiger partial charge in [0.1, 0.15) is 18.3 Å². The van der Waals surface area contributed by atoms with Crippen molar-refractivity contribution in [2.45, 2.75) is 24.5 Å². The number of nitrogens with zero attached hydrogens (tertiary/aromatic N) is 1. The van der Waals surface area contributed by atoms with Crippen molar-refractivity contribution in [1.82, 2.24) is 10.2 Å². The molecule has 1 heterocycles. The second kappa shape index (κ2) is 6.36. The van der Waals surface area contributed by atoms with Crippen molar-refractivity contribution in [3.05, 3.63) is 0 Å². The van der Waals surface area contributed by atoms with Crippen LogP contribution in [0.4, 0.5) is 4.79 Å². The van der Waals surface area contributed by atoms with E-state index < -0.39 is 37.2 Å². The lowest BCUT2D eigenvalue weighted by Gasteiger charge is -2.26. The molecule has 2 amide bonds. The summed E-state index contributed by atoms with van der Waals surface area (Å²) in [4.78, 5) is 12.7. The minimum Gasteiger partial charge on any atom is -0.394 e. The third-order valence-electron chi connectivity index (χ3n) is 2.59. The lowest BCUT2D eigenvalue weighted by Crippen LogP contribution is -2.49. The molecule has 7 nitrogen and oxygen atoms in total. The fourth-order valence-corrected chi connectivity index (χ4v) is 1.69. The quantitative estimate of drug-likeness (QED) is 0.456. The molecule has 4 N–H and O–H groups in total. The third kappa shape index (κ3) is 3.20. The summed E-state index contributed by atoms with van der Waals surface area (Å²) >= 11 is 5.42. The number of likely N-dealkylation sites (N-methyl/N-ethyl adjacent to an activating group) is 1. The molecule has 17 heavy (non-hydrogen) atoms. The van der Waals surface area contributed by atoms with Crippen molar-refractivity contribution < 1.29 is 24.9 Å². The Bertz CT molecular complexity index is 268. The van der Waals surface area contributed by atoms with E-state index in [1.807, 2.05) is 0 Å². The van der Waals surface area contributed by atoms with Crippen LogP contribution in [0.25, 0.3) is 0 Å². The maximum atomic E-state index is 11.6. The maximum absolute atomic E-state index is 11.6. The Morgan fingerprint density at radius 2 is 2.12 bits per heavy atom. The molecule has 8 heteroatoms. The van der Waals surface area contributed by atoms with E-state index in [2.05, 4.69) is 5.32 Å². The molecule has 4 atom stereocenters. The van der Waals surface area contributed by atoms with E-state index in [0.717, 1.165) is 4.90 Å². The van der Waals surface area contributed by atoms with Gasteiger partial charge in [0.25, 0.3) is 0 Å². The SMILES string of the molecule is CN(C(=O)NCCCl)C1O[C@H](CO)[C@@H](O)[C@H]1O. The van der Waals surface area contributed by atoms with E-state index in [1.54, 1.807) is 0 Å². The van der Waals surface area contributed by atoms with Crippen LogP contribution >= 0.6 is 11.6 Å². The van der Waals surface area contributed by atoms with Gasteiger partial charge in [0.15, 0.2) is 6.23 Å². The van der Waals surface area contributed by atoms with Crippen LogP contribution in [0, 0.1) is 0 Å². The molecule has 0 spiro atoms. The average molecular weight is 269 g/mol. The molecule has 0 bridgehead atoms. The molecule has 1 fully saturated rings. The number of hydrogen-bond acceptors (Lipinski definition) is 5. The Morgan fingerprint density at radius 3 is 2.59 bits per heavy atom. The summed E-state index contributed by atoms with van der Waals surface area (Å²) < 4.78 is 5.18. The number of urea groups is 1. The van der Waals surface area contributed by atoms with Gasteiger partial charge in [-0.3, -0.25) is 4.90 Å². The van der Waals surface area contributed by atoms with E-state index in [9.17, 15) is 15.0 Å². The molecule has 0 aromatic carbocycles.